The number of hydrogen-bond donors (Lipinski definition) is 1. The van der Waals surface area contributed by atoms with Crippen LogP contribution in [0.3, 0.4) is 0 Å². The molecule has 5 nitrogen and oxygen atoms in total. The molecule has 1 N–H and O–H groups in total. The number of likely N-dealkylation sites (tertiary alicyclic amines) is 1. The molecule has 0 bridgehead atoms. The predicted molar refractivity (Wildman–Crippen MR) is 115 cm³/mol. The average Bonchev–Trinajstić information content (AvgIpc) is 3.19. The minimum Gasteiger partial charge on any atom is -0.322 e. The van der Waals surface area contributed by atoms with Crippen LogP contribution in [-0.4, -0.2) is 33.9 Å². The van der Waals surface area contributed by atoms with E-state index in [1.165, 1.54) is 5.56 Å². The Balaban J connectivity index is 1.40. The average molecular weight is 407 g/mol. The van der Waals surface area contributed by atoms with E-state index in [-0.39, 0.29) is 5.91 Å². The third kappa shape index (κ3) is 4.81. The molecule has 1 aliphatic heterocycles. The van der Waals surface area contributed by atoms with E-state index in [2.05, 4.69) is 44.5 Å². The lowest BCUT2D eigenvalue weighted by atomic mass is 10.1. The van der Waals surface area contributed by atoms with E-state index in [0.29, 0.717) is 27.9 Å². The third-order valence-electron chi connectivity index (χ3n) is 5.23. The number of hydrogen-bond acceptors (Lipinski definition) is 4. The lowest BCUT2D eigenvalue weighted by Gasteiger charge is -2.16. The van der Waals surface area contributed by atoms with Gasteiger partial charge in [0.25, 0.3) is 5.91 Å². The molecule has 3 aromatic rings. The van der Waals surface area contributed by atoms with Crippen molar-refractivity contribution in [2.24, 2.45) is 0 Å². The fourth-order valence-corrected chi connectivity index (χ4v) is 3.79. The van der Waals surface area contributed by atoms with Crippen LogP contribution >= 0.6 is 11.6 Å². The number of halogens is 1. The monoisotopic (exact) mass is 406 g/mol. The van der Waals surface area contributed by atoms with E-state index >= 15 is 0 Å². The molecule has 1 fully saturated rings. The Morgan fingerprint density at radius 3 is 2.66 bits per heavy atom. The van der Waals surface area contributed by atoms with E-state index in [1.54, 1.807) is 30.5 Å². The Morgan fingerprint density at radius 2 is 1.93 bits per heavy atom. The SMILES string of the molecule is Cc1nc([C@@H]2CCN(Cc3ccccc3)C2)ncc1C(=O)Nc1ccc(Cl)cc1. The van der Waals surface area contributed by atoms with Crippen LogP contribution < -0.4 is 5.32 Å². The standard InChI is InChI=1S/C23H23ClN4O/c1-16-21(23(29)27-20-9-7-19(24)8-10-20)13-25-22(26-16)18-11-12-28(15-18)14-17-5-3-2-4-6-17/h2-10,13,18H,11-12,14-15H2,1H3,(H,27,29)/t18-/m1/s1. The summed E-state index contributed by atoms with van der Waals surface area (Å²) in [6.07, 6.45) is 2.67. The van der Waals surface area contributed by atoms with Gasteiger partial charge in [-0.25, -0.2) is 9.97 Å². The van der Waals surface area contributed by atoms with Crippen LogP contribution in [0.4, 0.5) is 5.69 Å². The number of carbonyl (C=O) groups is 1. The van der Waals surface area contributed by atoms with Gasteiger partial charge in [-0.15, -0.1) is 0 Å². The first-order valence-electron chi connectivity index (χ1n) is 9.75. The maximum Gasteiger partial charge on any atom is 0.259 e. The van der Waals surface area contributed by atoms with Crippen molar-refractivity contribution >= 4 is 23.2 Å². The third-order valence-corrected chi connectivity index (χ3v) is 5.48. The number of nitrogens with zero attached hydrogens (tertiary/aromatic N) is 3. The molecule has 29 heavy (non-hydrogen) atoms. The van der Waals surface area contributed by atoms with Crippen molar-refractivity contribution in [3.8, 4) is 0 Å². The van der Waals surface area contributed by atoms with Crippen molar-refractivity contribution in [2.45, 2.75) is 25.8 Å². The second-order valence-corrected chi connectivity index (χ2v) is 7.83. The van der Waals surface area contributed by atoms with Gasteiger partial charge in [0, 0.05) is 35.9 Å². The summed E-state index contributed by atoms with van der Waals surface area (Å²) in [5.41, 5.74) is 3.19. The van der Waals surface area contributed by atoms with Crippen molar-refractivity contribution in [1.82, 2.24) is 14.9 Å². The molecule has 1 atom stereocenters. The first-order valence-corrected chi connectivity index (χ1v) is 10.1. The highest BCUT2D eigenvalue weighted by Gasteiger charge is 2.26. The van der Waals surface area contributed by atoms with E-state index in [9.17, 15) is 4.79 Å². The van der Waals surface area contributed by atoms with Gasteiger partial charge in [0.05, 0.1) is 11.3 Å². The number of anilines is 1. The quantitative estimate of drug-likeness (QED) is 0.668. The van der Waals surface area contributed by atoms with Gasteiger partial charge in [0.2, 0.25) is 0 Å². The van der Waals surface area contributed by atoms with Crippen molar-refractivity contribution < 1.29 is 4.79 Å². The maximum atomic E-state index is 12.6. The number of rotatable bonds is 5. The van der Waals surface area contributed by atoms with E-state index in [1.807, 2.05) is 13.0 Å². The smallest absolute Gasteiger partial charge is 0.259 e. The van der Waals surface area contributed by atoms with Crippen molar-refractivity contribution in [3.63, 3.8) is 0 Å². The first kappa shape index (κ1) is 19.6. The molecule has 1 aromatic heterocycles. The number of carbonyl (C=O) groups excluding carboxylic acids is 1. The molecule has 0 radical (unpaired) electrons. The highest BCUT2D eigenvalue weighted by Crippen LogP contribution is 2.26. The van der Waals surface area contributed by atoms with Crippen LogP contribution in [0, 0.1) is 6.92 Å². The van der Waals surface area contributed by atoms with Gasteiger partial charge in [-0.1, -0.05) is 41.9 Å². The van der Waals surface area contributed by atoms with Crippen LogP contribution in [0.2, 0.25) is 5.02 Å². The molecule has 1 saturated heterocycles. The maximum absolute atomic E-state index is 12.6. The summed E-state index contributed by atoms with van der Waals surface area (Å²) in [6, 6.07) is 17.5. The molecule has 4 rings (SSSR count). The minimum atomic E-state index is -0.214. The summed E-state index contributed by atoms with van der Waals surface area (Å²) in [6.45, 7) is 4.77. The van der Waals surface area contributed by atoms with Gasteiger partial charge >= 0.3 is 0 Å². The highest BCUT2D eigenvalue weighted by molar-refractivity contribution is 6.30. The largest absolute Gasteiger partial charge is 0.322 e. The fourth-order valence-electron chi connectivity index (χ4n) is 3.66. The number of aromatic nitrogens is 2. The second kappa shape index (κ2) is 8.72. The van der Waals surface area contributed by atoms with Gasteiger partial charge in [0.15, 0.2) is 0 Å². The zero-order valence-corrected chi connectivity index (χ0v) is 17.1. The Bertz CT molecular complexity index is 992. The molecular weight excluding hydrogens is 384 g/mol. The van der Waals surface area contributed by atoms with E-state index in [4.69, 9.17) is 11.6 Å². The van der Waals surface area contributed by atoms with E-state index < -0.39 is 0 Å². The normalized spacial score (nSPS) is 16.7. The van der Waals surface area contributed by atoms with Crippen molar-refractivity contribution in [2.75, 3.05) is 18.4 Å². The molecule has 0 aliphatic carbocycles. The van der Waals surface area contributed by atoms with Crippen molar-refractivity contribution in [3.05, 3.63) is 88.5 Å². The van der Waals surface area contributed by atoms with Gasteiger partial charge < -0.3 is 5.32 Å². The summed E-state index contributed by atoms with van der Waals surface area (Å²) in [4.78, 5) is 24.2. The van der Waals surface area contributed by atoms with Gasteiger partial charge in [-0.3, -0.25) is 9.69 Å². The van der Waals surface area contributed by atoms with Crippen LogP contribution in [0.25, 0.3) is 0 Å². The predicted octanol–water partition coefficient (Wildman–Crippen LogP) is 4.68. The zero-order chi connectivity index (χ0) is 20.2. The summed E-state index contributed by atoms with van der Waals surface area (Å²) >= 11 is 5.89. The van der Waals surface area contributed by atoms with Gasteiger partial charge in [-0.05, 0) is 49.7 Å². The number of aryl methyl sites for hydroxylation is 1. The molecule has 1 aliphatic rings. The highest BCUT2D eigenvalue weighted by atomic mass is 35.5. The zero-order valence-electron chi connectivity index (χ0n) is 16.3. The summed E-state index contributed by atoms with van der Waals surface area (Å²) < 4.78 is 0. The molecule has 6 heteroatoms. The number of amides is 1. The molecule has 0 saturated carbocycles. The molecule has 2 heterocycles. The summed E-state index contributed by atoms with van der Waals surface area (Å²) in [7, 11) is 0. The van der Waals surface area contributed by atoms with E-state index in [0.717, 1.165) is 31.9 Å². The fraction of sp³-hybridized carbons (Fsp3) is 0.261. The molecular formula is C23H23ClN4O. The minimum absolute atomic E-state index is 0.214. The Kier molecular flexibility index (Phi) is 5.88. The number of nitrogens with one attached hydrogen (secondary N) is 1. The molecule has 148 valence electrons. The summed E-state index contributed by atoms with van der Waals surface area (Å²) in [5.74, 6) is 0.903. The van der Waals surface area contributed by atoms with Crippen LogP contribution in [0.1, 0.15) is 39.8 Å². The Labute approximate surface area is 175 Å². The van der Waals surface area contributed by atoms with Gasteiger partial charge in [0.1, 0.15) is 5.82 Å². The molecule has 0 unspecified atom stereocenters. The molecule has 1 amide bonds. The van der Waals surface area contributed by atoms with Gasteiger partial charge in [-0.2, -0.15) is 0 Å². The van der Waals surface area contributed by atoms with Crippen molar-refractivity contribution in [1.29, 1.82) is 0 Å². The summed E-state index contributed by atoms with van der Waals surface area (Å²) in [5, 5.41) is 3.49. The Hall–Kier alpha value is -2.76. The number of benzene rings is 2. The second-order valence-electron chi connectivity index (χ2n) is 7.39. The lowest BCUT2D eigenvalue weighted by Crippen LogP contribution is -2.20. The topological polar surface area (TPSA) is 58.1 Å². The Morgan fingerprint density at radius 1 is 1.17 bits per heavy atom. The van der Waals surface area contributed by atoms with Crippen LogP contribution in [-0.2, 0) is 6.54 Å². The first-order chi connectivity index (χ1) is 14.1. The van der Waals surface area contributed by atoms with Crippen LogP contribution in [0.15, 0.2) is 60.8 Å². The molecule has 2 aromatic carbocycles. The lowest BCUT2D eigenvalue weighted by molar-refractivity contribution is 0.102. The van der Waals surface area contributed by atoms with Crippen LogP contribution in [0.5, 0.6) is 0 Å². The molecule has 0 spiro atoms.